The average Bonchev–Trinajstić information content (AvgIpc) is 2.38. The van der Waals surface area contributed by atoms with Crippen LogP contribution in [0, 0.1) is 0 Å². The molecule has 1 unspecified atom stereocenters. The zero-order valence-corrected chi connectivity index (χ0v) is 9.45. The summed E-state index contributed by atoms with van der Waals surface area (Å²) in [5.74, 6) is -1.65. The number of carbonyl (C=O) groups excluding carboxylic acids is 1. The minimum Gasteiger partial charge on any atom is -0.477 e. The van der Waals surface area contributed by atoms with Crippen LogP contribution in [-0.2, 0) is 20.9 Å². The van der Waals surface area contributed by atoms with Crippen LogP contribution in [0.25, 0.3) is 0 Å². The van der Waals surface area contributed by atoms with Gasteiger partial charge in [0, 0.05) is 12.3 Å². The topological polar surface area (TPSA) is 76.0 Å². The highest BCUT2D eigenvalue weighted by atomic mass is 16.5. The molecule has 5 nitrogen and oxygen atoms in total. The summed E-state index contributed by atoms with van der Waals surface area (Å²) in [6.07, 6.45) is 1.25. The number of rotatable bonds is 4. The fraction of sp³-hybridized carbons (Fsp3) is 0.154. The van der Waals surface area contributed by atoms with E-state index in [2.05, 4.69) is 4.99 Å². The molecule has 0 saturated carbocycles. The number of aliphatic imine (C=N–C) groups is 1. The number of benzene rings is 1. The zero-order chi connectivity index (χ0) is 13.0. The van der Waals surface area contributed by atoms with Crippen molar-refractivity contribution in [1.29, 1.82) is 0 Å². The molecule has 1 aliphatic rings. The van der Waals surface area contributed by atoms with E-state index in [9.17, 15) is 9.59 Å². The number of hydrogen-bond acceptors (Lipinski definition) is 4. The number of carboxylic acid groups (broad SMARTS) is 1. The molecule has 92 valence electrons. The largest absolute Gasteiger partial charge is 0.477 e. The van der Waals surface area contributed by atoms with Gasteiger partial charge in [-0.3, -0.25) is 9.79 Å². The smallest absolute Gasteiger partial charge is 0.353 e. The molecule has 0 aromatic heterocycles. The van der Waals surface area contributed by atoms with E-state index in [1.165, 1.54) is 12.3 Å². The van der Waals surface area contributed by atoms with Crippen molar-refractivity contribution in [1.82, 2.24) is 0 Å². The predicted molar refractivity (Wildman–Crippen MR) is 64.2 cm³/mol. The van der Waals surface area contributed by atoms with E-state index >= 15 is 0 Å². The van der Waals surface area contributed by atoms with Crippen molar-refractivity contribution in [2.45, 2.75) is 12.7 Å². The highest BCUT2D eigenvalue weighted by Gasteiger charge is 2.30. The Hall–Kier alpha value is -2.27. The summed E-state index contributed by atoms with van der Waals surface area (Å²) >= 11 is 0. The molecule has 5 heteroatoms. The Morgan fingerprint density at radius 3 is 2.72 bits per heavy atom. The third-order valence-electron chi connectivity index (χ3n) is 2.44. The average molecular weight is 245 g/mol. The van der Waals surface area contributed by atoms with E-state index in [0.29, 0.717) is 0 Å². The molecule has 0 radical (unpaired) electrons. The van der Waals surface area contributed by atoms with Crippen LogP contribution in [-0.4, -0.2) is 28.7 Å². The fourth-order valence-electron chi connectivity index (χ4n) is 1.56. The lowest BCUT2D eigenvalue weighted by Crippen LogP contribution is -2.38. The second-order valence-electron chi connectivity index (χ2n) is 3.71. The SMILES string of the molecule is O=C(O)C1=NC=CC(=O)C1OCc1ccccc1. The Labute approximate surface area is 103 Å². The maximum atomic E-state index is 11.6. The normalized spacial score (nSPS) is 18.6. The molecule has 1 N–H and O–H groups in total. The van der Waals surface area contributed by atoms with Crippen molar-refractivity contribution < 1.29 is 19.4 Å². The van der Waals surface area contributed by atoms with Crippen LogP contribution in [0.2, 0.25) is 0 Å². The van der Waals surface area contributed by atoms with Gasteiger partial charge < -0.3 is 9.84 Å². The zero-order valence-electron chi connectivity index (χ0n) is 9.45. The van der Waals surface area contributed by atoms with Crippen LogP contribution < -0.4 is 0 Å². The minimum absolute atomic E-state index is 0.164. The van der Waals surface area contributed by atoms with Crippen molar-refractivity contribution in [2.24, 2.45) is 4.99 Å². The number of hydrogen-bond donors (Lipinski definition) is 1. The lowest BCUT2D eigenvalue weighted by atomic mass is 10.1. The van der Waals surface area contributed by atoms with E-state index in [1.54, 1.807) is 0 Å². The Bertz CT molecular complexity index is 519. The number of ether oxygens (including phenoxy) is 1. The predicted octanol–water partition coefficient (Wildman–Crippen LogP) is 1.19. The van der Waals surface area contributed by atoms with Crippen LogP contribution in [0.3, 0.4) is 0 Å². The first-order valence-electron chi connectivity index (χ1n) is 5.35. The molecule has 2 rings (SSSR count). The standard InChI is InChI=1S/C13H11NO4/c15-10-6-7-14-11(13(16)17)12(10)18-8-9-4-2-1-3-5-9/h1-7,12H,8H2,(H,16,17). The molecule has 0 amide bonds. The fourth-order valence-corrected chi connectivity index (χ4v) is 1.56. The van der Waals surface area contributed by atoms with Gasteiger partial charge in [-0.25, -0.2) is 4.79 Å². The van der Waals surface area contributed by atoms with Gasteiger partial charge in [0.1, 0.15) is 0 Å². The molecule has 0 bridgehead atoms. The van der Waals surface area contributed by atoms with Crippen molar-refractivity contribution in [2.75, 3.05) is 0 Å². The first-order valence-corrected chi connectivity index (χ1v) is 5.35. The quantitative estimate of drug-likeness (QED) is 0.864. The monoisotopic (exact) mass is 245 g/mol. The molecule has 0 spiro atoms. The Balaban J connectivity index is 2.08. The van der Waals surface area contributed by atoms with E-state index < -0.39 is 17.9 Å². The highest BCUT2D eigenvalue weighted by Crippen LogP contribution is 2.10. The van der Waals surface area contributed by atoms with Crippen molar-refractivity contribution in [3.63, 3.8) is 0 Å². The Morgan fingerprint density at radius 1 is 1.33 bits per heavy atom. The van der Waals surface area contributed by atoms with Gasteiger partial charge in [-0.2, -0.15) is 0 Å². The van der Waals surface area contributed by atoms with Crippen LogP contribution >= 0.6 is 0 Å². The van der Waals surface area contributed by atoms with Gasteiger partial charge in [0.2, 0.25) is 0 Å². The summed E-state index contributed by atoms with van der Waals surface area (Å²) in [5, 5.41) is 8.93. The van der Waals surface area contributed by atoms with Gasteiger partial charge in [0.15, 0.2) is 17.6 Å². The Morgan fingerprint density at radius 2 is 2.06 bits per heavy atom. The van der Waals surface area contributed by atoms with Crippen molar-refractivity contribution >= 4 is 17.5 Å². The molecule has 0 aliphatic carbocycles. The Kier molecular flexibility index (Phi) is 3.64. The van der Waals surface area contributed by atoms with Gasteiger partial charge in [-0.05, 0) is 5.56 Å². The molecule has 1 aromatic carbocycles. The summed E-state index contributed by atoms with van der Waals surface area (Å²) in [5.41, 5.74) is 0.586. The lowest BCUT2D eigenvalue weighted by Gasteiger charge is -2.16. The maximum absolute atomic E-state index is 11.6. The number of ketones is 1. The van der Waals surface area contributed by atoms with Crippen molar-refractivity contribution in [3.05, 3.63) is 48.2 Å². The van der Waals surface area contributed by atoms with E-state index in [-0.39, 0.29) is 12.3 Å². The van der Waals surface area contributed by atoms with Crippen LogP contribution in [0.4, 0.5) is 0 Å². The van der Waals surface area contributed by atoms with E-state index in [0.717, 1.165) is 5.56 Å². The van der Waals surface area contributed by atoms with Gasteiger partial charge in [-0.15, -0.1) is 0 Å². The van der Waals surface area contributed by atoms with Gasteiger partial charge in [-0.1, -0.05) is 30.3 Å². The lowest BCUT2D eigenvalue weighted by molar-refractivity contribution is -0.132. The van der Waals surface area contributed by atoms with Gasteiger partial charge in [0.05, 0.1) is 6.61 Å². The molecular formula is C13H11NO4. The second-order valence-corrected chi connectivity index (χ2v) is 3.71. The molecule has 1 aliphatic heterocycles. The summed E-state index contributed by atoms with van der Waals surface area (Å²) in [6.45, 7) is 0.164. The third-order valence-corrected chi connectivity index (χ3v) is 2.44. The molecule has 0 saturated heterocycles. The number of aliphatic carboxylic acids is 1. The van der Waals surface area contributed by atoms with Crippen LogP contribution in [0.15, 0.2) is 47.6 Å². The molecule has 1 heterocycles. The third kappa shape index (κ3) is 2.70. The molecule has 1 aromatic rings. The number of nitrogens with zero attached hydrogens (tertiary/aromatic N) is 1. The first kappa shape index (κ1) is 12.2. The minimum atomic E-state index is -1.24. The number of carboxylic acids is 1. The number of carbonyl (C=O) groups is 2. The van der Waals surface area contributed by atoms with Gasteiger partial charge in [0.25, 0.3) is 0 Å². The van der Waals surface area contributed by atoms with Crippen LogP contribution in [0.1, 0.15) is 5.56 Å². The van der Waals surface area contributed by atoms with Gasteiger partial charge >= 0.3 is 5.97 Å². The molecular weight excluding hydrogens is 234 g/mol. The van der Waals surface area contributed by atoms with E-state index in [4.69, 9.17) is 9.84 Å². The molecule has 1 atom stereocenters. The summed E-state index contributed by atoms with van der Waals surface area (Å²) in [7, 11) is 0. The molecule has 0 fully saturated rings. The summed E-state index contributed by atoms with van der Waals surface area (Å²) in [6, 6.07) is 9.21. The summed E-state index contributed by atoms with van der Waals surface area (Å²) in [4.78, 5) is 26.2. The maximum Gasteiger partial charge on any atom is 0.353 e. The summed E-state index contributed by atoms with van der Waals surface area (Å²) < 4.78 is 5.34. The highest BCUT2D eigenvalue weighted by molar-refractivity contribution is 6.43. The van der Waals surface area contributed by atoms with E-state index in [1.807, 2.05) is 30.3 Å². The molecule has 18 heavy (non-hydrogen) atoms. The first-order chi connectivity index (χ1) is 8.68. The van der Waals surface area contributed by atoms with Crippen LogP contribution in [0.5, 0.6) is 0 Å². The second kappa shape index (κ2) is 5.37. The van der Waals surface area contributed by atoms with Crippen molar-refractivity contribution in [3.8, 4) is 0 Å².